The molecule has 0 aromatic carbocycles. The summed E-state index contributed by atoms with van der Waals surface area (Å²) in [6.07, 6.45) is 2.72. The predicted molar refractivity (Wildman–Crippen MR) is 58.1 cm³/mol. The van der Waals surface area contributed by atoms with E-state index in [0.29, 0.717) is 0 Å². The van der Waals surface area contributed by atoms with Crippen LogP contribution in [0.1, 0.15) is 5.76 Å². The summed E-state index contributed by atoms with van der Waals surface area (Å²) in [6, 6.07) is 2.08. The molecule has 0 atom stereocenters. The SMILES string of the molecule is Cc1occc1[SH]1CCN(C=O)CC1. The van der Waals surface area contributed by atoms with Gasteiger partial charge < -0.3 is 9.32 Å². The van der Waals surface area contributed by atoms with Crippen LogP contribution < -0.4 is 0 Å². The molecule has 1 aromatic rings. The van der Waals surface area contributed by atoms with Crippen LogP contribution in [0.15, 0.2) is 21.6 Å². The monoisotopic (exact) mass is 213 g/mol. The summed E-state index contributed by atoms with van der Waals surface area (Å²) in [5.41, 5.74) is 0. The lowest BCUT2D eigenvalue weighted by molar-refractivity contribution is -0.117. The first-order valence-corrected chi connectivity index (χ1v) is 6.51. The van der Waals surface area contributed by atoms with Crippen LogP contribution in [0.4, 0.5) is 0 Å². The highest BCUT2D eigenvalue weighted by molar-refractivity contribution is 8.17. The summed E-state index contributed by atoms with van der Waals surface area (Å²) in [5, 5.41) is 0. The Hall–Kier alpha value is -0.900. The lowest BCUT2D eigenvalue weighted by Crippen LogP contribution is -2.33. The van der Waals surface area contributed by atoms with E-state index in [1.807, 2.05) is 11.8 Å². The van der Waals surface area contributed by atoms with Gasteiger partial charge in [0, 0.05) is 18.0 Å². The van der Waals surface area contributed by atoms with Crippen LogP contribution in [-0.4, -0.2) is 35.9 Å². The van der Waals surface area contributed by atoms with Gasteiger partial charge in [-0.15, -0.1) is 0 Å². The van der Waals surface area contributed by atoms with E-state index in [1.54, 1.807) is 6.26 Å². The summed E-state index contributed by atoms with van der Waals surface area (Å²) in [6.45, 7) is 3.82. The molecule has 1 fully saturated rings. The number of carbonyl (C=O) groups is 1. The zero-order valence-corrected chi connectivity index (χ0v) is 9.17. The van der Waals surface area contributed by atoms with Gasteiger partial charge in [-0.3, -0.25) is 4.79 Å². The molecule has 78 valence electrons. The molecule has 1 aromatic heterocycles. The Balaban J connectivity index is 2.02. The van der Waals surface area contributed by atoms with Crippen LogP contribution >= 0.6 is 10.9 Å². The van der Waals surface area contributed by atoms with Gasteiger partial charge in [-0.1, -0.05) is 0 Å². The third-order valence-corrected chi connectivity index (χ3v) is 5.26. The van der Waals surface area contributed by atoms with E-state index in [2.05, 4.69) is 6.07 Å². The second-order valence-corrected chi connectivity index (χ2v) is 5.95. The van der Waals surface area contributed by atoms with Gasteiger partial charge in [-0.05, 0) is 24.5 Å². The van der Waals surface area contributed by atoms with Crippen LogP contribution in [0.25, 0.3) is 0 Å². The van der Waals surface area contributed by atoms with Crippen molar-refractivity contribution in [2.75, 3.05) is 24.6 Å². The highest BCUT2D eigenvalue weighted by Gasteiger charge is 2.18. The van der Waals surface area contributed by atoms with Crippen molar-refractivity contribution in [1.29, 1.82) is 0 Å². The lowest BCUT2D eigenvalue weighted by Gasteiger charge is -2.31. The maximum Gasteiger partial charge on any atom is 0.209 e. The van der Waals surface area contributed by atoms with Gasteiger partial charge in [-0.25, -0.2) is 10.9 Å². The molecule has 2 rings (SSSR count). The molecule has 4 heteroatoms. The highest BCUT2D eigenvalue weighted by Crippen LogP contribution is 2.40. The van der Waals surface area contributed by atoms with Gasteiger partial charge in [-0.2, -0.15) is 0 Å². The topological polar surface area (TPSA) is 33.5 Å². The molecule has 2 heterocycles. The largest absolute Gasteiger partial charge is 0.469 e. The molecule has 1 aliphatic heterocycles. The molecule has 1 aliphatic rings. The Morgan fingerprint density at radius 1 is 1.50 bits per heavy atom. The van der Waals surface area contributed by atoms with Gasteiger partial charge in [0.2, 0.25) is 6.41 Å². The molecule has 0 spiro atoms. The molecule has 0 bridgehead atoms. The summed E-state index contributed by atoms with van der Waals surface area (Å²) in [4.78, 5) is 13.8. The molecular weight excluding hydrogens is 198 g/mol. The van der Waals surface area contributed by atoms with Crippen LogP contribution in [0, 0.1) is 6.92 Å². The minimum absolute atomic E-state index is 0.0773. The first-order valence-electron chi connectivity index (χ1n) is 4.79. The van der Waals surface area contributed by atoms with Crippen LogP contribution in [0.5, 0.6) is 0 Å². The Kier molecular flexibility index (Phi) is 2.82. The van der Waals surface area contributed by atoms with Crippen molar-refractivity contribution >= 4 is 17.3 Å². The number of aryl methyl sites for hydroxylation is 1. The van der Waals surface area contributed by atoms with Gasteiger partial charge in [0.25, 0.3) is 0 Å². The maximum absolute atomic E-state index is 10.5. The van der Waals surface area contributed by atoms with E-state index in [1.165, 1.54) is 4.90 Å². The van der Waals surface area contributed by atoms with Gasteiger partial charge >= 0.3 is 0 Å². The summed E-state index contributed by atoms with van der Waals surface area (Å²) in [5.74, 6) is 3.29. The zero-order chi connectivity index (χ0) is 9.97. The van der Waals surface area contributed by atoms with Crippen molar-refractivity contribution in [3.05, 3.63) is 18.1 Å². The quantitative estimate of drug-likeness (QED) is 0.595. The van der Waals surface area contributed by atoms with E-state index in [0.717, 1.165) is 36.8 Å². The number of hydrogen-bond acceptors (Lipinski definition) is 2. The molecule has 3 nitrogen and oxygen atoms in total. The molecule has 1 amide bonds. The second-order valence-electron chi connectivity index (χ2n) is 3.49. The fourth-order valence-electron chi connectivity index (χ4n) is 1.77. The molecule has 0 aliphatic carbocycles. The predicted octanol–water partition coefficient (Wildman–Crippen LogP) is 1.42. The van der Waals surface area contributed by atoms with Crippen LogP contribution in [-0.2, 0) is 4.79 Å². The molecule has 14 heavy (non-hydrogen) atoms. The number of thiol groups is 1. The molecule has 0 N–H and O–H groups in total. The average Bonchev–Trinajstić information content (AvgIpc) is 2.65. The summed E-state index contributed by atoms with van der Waals surface area (Å²) < 4.78 is 5.30. The van der Waals surface area contributed by atoms with Gasteiger partial charge in [0.15, 0.2) is 0 Å². The Bertz CT molecular complexity index is 316. The number of amides is 1. The first kappa shape index (κ1) is 9.65. The van der Waals surface area contributed by atoms with Gasteiger partial charge in [0.1, 0.15) is 5.76 Å². The standard InChI is InChI=1S/C10H15NO2S/c1-9-10(2-5-13-9)14-6-3-11(8-12)4-7-14/h2,5,8,14H,3-4,6-7H2,1H3. The zero-order valence-electron chi connectivity index (χ0n) is 8.27. The summed E-state index contributed by atoms with van der Waals surface area (Å²) in [7, 11) is -0.0773. The smallest absolute Gasteiger partial charge is 0.209 e. The third-order valence-electron chi connectivity index (χ3n) is 2.64. The van der Waals surface area contributed by atoms with E-state index in [4.69, 9.17) is 4.42 Å². The Morgan fingerprint density at radius 3 is 2.71 bits per heavy atom. The number of furan rings is 1. The van der Waals surface area contributed by atoms with Crippen LogP contribution in [0.2, 0.25) is 0 Å². The molecule has 0 unspecified atom stereocenters. The maximum atomic E-state index is 10.5. The van der Waals surface area contributed by atoms with Crippen molar-refractivity contribution in [1.82, 2.24) is 4.90 Å². The fourth-order valence-corrected chi connectivity index (χ4v) is 4.25. The van der Waals surface area contributed by atoms with Crippen molar-refractivity contribution in [3.63, 3.8) is 0 Å². The van der Waals surface area contributed by atoms with Crippen molar-refractivity contribution < 1.29 is 9.21 Å². The minimum atomic E-state index is -0.0773. The Labute approximate surface area is 86.4 Å². The number of rotatable bonds is 2. The minimum Gasteiger partial charge on any atom is -0.469 e. The fraction of sp³-hybridized carbons (Fsp3) is 0.500. The lowest BCUT2D eigenvalue weighted by atomic mass is 10.5. The van der Waals surface area contributed by atoms with Crippen molar-refractivity contribution in [2.24, 2.45) is 0 Å². The summed E-state index contributed by atoms with van der Waals surface area (Å²) >= 11 is 0. The highest BCUT2D eigenvalue weighted by atomic mass is 32.2. The van der Waals surface area contributed by atoms with Crippen LogP contribution in [0.3, 0.4) is 0 Å². The number of nitrogens with zero attached hydrogens (tertiary/aromatic N) is 1. The molecule has 0 saturated carbocycles. The normalized spacial score (nSPS) is 19.8. The van der Waals surface area contributed by atoms with E-state index in [9.17, 15) is 4.79 Å². The first-order chi connectivity index (χ1) is 6.81. The van der Waals surface area contributed by atoms with E-state index < -0.39 is 0 Å². The van der Waals surface area contributed by atoms with Crippen molar-refractivity contribution in [2.45, 2.75) is 11.8 Å². The molecular formula is C10H15NO2S. The third kappa shape index (κ3) is 1.80. The number of carbonyl (C=O) groups excluding carboxylic acids is 1. The average molecular weight is 213 g/mol. The Morgan fingerprint density at radius 2 is 2.21 bits per heavy atom. The molecule has 0 radical (unpaired) electrons. The second kappa shape index (κ2) is 4.09. The van der Waals surface area contributed by atoms with Gasteiger partial charge in [0.05, 0.1) is 6.26 Å². The van der Waals surface area contributed by atoms with E-state index >= 15 is 0 Å². The van der Waals surface area contributed by atoms with E-state index in [-0.39, 0.29) is 10.9 Å². The molecule has 1 saturated heterocycles. The number of hydrogen-bond donors (Lipinski definition) is 1. The van der Waals surface area contributed by atoms with Crippen molar-refractivity contribution in [3.8, 4) is 0 Å².